The maximum Gasteiger partial charge on any atom is 0.263 e. The molecule has 1 heterocycles. The first kappa shape index (κ1) is 22.3. The van der Waals surface area contributed by atoms with E-state index in [0.29, 0.717) is 24.7 Å². The van der Waals surface area contributed by atoms with Gasteiger partial charge in [-0.3, -0.25) is 9.52 Å². The zero-order valence-electron chi connectivity index (χ0n) is 16.6. The zero-order valence-corrected chi connectivity index (χ0v) is 18.9. The van der Waals surface area contributed by atoms with Crippen molar-refractivity contribution in [3.05, 3.63) is 81.8 Å². The van der Waals surface area contributed by atoms with Gasteiger partial charge >= 0.3 is 0 Å². The Morgan fingerprint density at radius 1 is 0.906 bits per heavy atom. The highest BCUT2D eigenvalue weighted by atomic mass is 35.5. The van der Waals surface area contributed by atoms with E-state index < -0.39 is 15.9 Å². The summed E-state index contributed by atoms with van der Waals surface area (Å²) < 4.78 is 39.1. The van der Waals surface area contributed by atoms with Crippen LogP contribution in [0.15, 0.2) is 65.6 Å². The monoisotopic (exact) mass is 492 g/mol. The number of halogens is 2. The summed E-state index contributed by atoms with van der Waals surface area (Å²) in [5.74, 6) is 0.823. The molecule has 32 heavy (non-hydrogen) atoms. The van der Waals surface area contributed by atoms with Gasteiger partial charge in [0.15, 0.2) is 11.5 Å². The minimum Gasteiger partial charge on any atom is -0.486 e. The number of benzene rings is 3. The lowest BCUT2D eigenvalue weighted by molar-refractivity contribution is 0.0950. The molecule has 4 rings (SSSR count). The summed E-state index contributed by atoms with van der Waals surface area (Å²) in [4.78, 5) is 12.4. The van der Waals surface area contributed by atoms with Crippen molar-refractivity contribution in [2.45, 2.75) is 11.4 Å². The first-order valence-corrected chi connectivity index (χ1v) is 11.8. The van der Waals surface area contributed by atoms with Crippen molar-refractivity contribution in [2.24, 2.45) is 0 Å². The van der Waals surface area contributed by atoms with Gasteiger partial charge < -0.3 is 14.8 Å². The fourth-order valence-corrected chi connectivity index (χ4v) is 4.92. The molecule has 0 aromatic heterocycles. The van der Waals surface area contributed by atoms with Gasteiger partial charge in [-0.25, -0.2) is 8.42 Å². The fraction of sp³-hybridized carbons (Fsp3) is 0.136. The summed E-state index contributed by atoms with van der Waals surface area (Å²) in [7, 11) is -4.08. The molecule has 0 bridgehead atoms. The lowest BCUT2D eigenvalue weighted by atomic mass is 10.1. The Hall–Kier alpha value is -2.94. The number of carbonyl (C=O) groups excluding carboxylic acids is 1. The van der Waals surface area contributed by atoms with Gasteiger partial charge in [0, 0.05) is 12.1 Å². The van der Waals surface area contributed by atoms with Gasteiger partial charge in [-0.2, -0.15) is 0 Å². The van der Waals surface area contributed by atoms with E-state index in [9.17, 15) is 13.2 Å². The summed E-state index contributed by atoms with van der Waals surface area (Å²) in [5.41, 5.74) is 1.16. The molecule has 0 fully saturated rings. The van der Waals surface area contributed by atoms with Crippen molar-refractivity contribution in [1.29, 1.82) is 0 Å². The third-order valence-corrected chi connectivity index (χ3v) is 6.84. The summed E-state index contributed by atoms with van der Waals surface area (Å²) >= 11 is 12.2. The molecule has 2 N–H and O–H groups in total. The van der Waals surface area contributed by atoms with Crippen LogP contribution in [0.3, 0.4) is 0 Å². The van der Waals surface area contributed by atoms with Crippen LogP contribution in [-0.2, 0) is 16.6 Å². The number of hydrogen-bond donors (Lipinski definition) is 2. The van der Waals surface area contributed by atoms with Crippen LogP contribution in [0.1, 0.15) is 15.9 Å². The van der Waals surface area contributed by atoms with Crippen LogP contribution in [0.5, 0.6) is 11.5 Å². The normalized spacial score (nSPS) is 12.8. The maximum atomic E-state index is 12.9. The van der Waals surface area contributed by atoms with Crippen LogP contribution in [0.4, 0.5) is 5.69 Å². The van der Waals surface area contributed by atoms with Crippen molar-refractivity contribution < 1.29 is 22.7 Å². The summed E-state index contributed by atoms with van der Waals surface area (Å²) in [5, 5.41) is 2.98. The average molecular weight is 493 g/mol. The van der Waals surface area contributed by atoms with Crippen LogP contribution < -0.4 is 19.5 Å². The first-order valence-electron chi connectivity index (χ1n) is 9.57. The molecule has 0 saturated carbocycles. The molecule has 1 aliphatic heterocycles. The number of para-hydroxylation sites is 1. The number of rotatable bonds is 6. The molecule has 0 radical (unpaired) electrons. The molecule has 0 saturated heterocycles. The number of nitrogens with one attached hydrogen (secondary N) is 2. The van der Waals surface area contributed by atoms with Gasteiger partial charge in [0.2, 0.25) is 0 Å². The number of hydrogen-bond acceptors (Lipinski definition) is 5. The number of sulfonamides is 1. The number of carbonyl (C=O) groups is 1. The van der Waals surface area contributed by atoms with Crippen molar-refractivity contribution >= 4 is 44.8 Å². The molecule has 10 heteroatoms. The van der Waals surface area contributed by atoms with Crippen molar-refractivity contribution in [3.63, 3.8) is 0 Å². The molecular formula is C22H18Cl2N2O5S. The lowest BCUT2D eigenvalue weighted by Gasteiger charge is -2.19. The summed E-state index contributed by atoms with van der Waals surface area (Å²) in [6.07, 6.45) is 0. The van der Waals surface area contributed by atoms with E-state index in [2.05, 4.69) is 10.0 Å². The van der Waals surface area contributed by atoms with Gasteiger partial charge in [-0.05, 0) is 48.0 Å². The molecule has 0 spiro atoms. The van der Waals surface area contributed by atoms with E-state index in [1.807, 2.05) is 6.07 Å². The van der Waals surface area contributed by atoms with Gasteiger partial charge in [0.25, 0.3) is 15.9 Å². The Balaban J connectivity index is 1.50. The Morgan fingerprint density at radius 3 is 2.44 bits per heavy atom. The summed E-state index contributed by atoms with van der Waals surface area (Å²) in [6.45, 7) is 1.18. The third kappa shape index (κ3) is 4.93. The number of ether oxygens (including phenoxy) is 2. The van der Waals surface area contributed by atoms with Crippen LogP contribution in [0, 0.1) is 0 Å². The number of anilines is 1. The van der Waals surface area contributed by atoms with Crippen LogP contribution in [0.2, 0.25) is 10.0 Å². The largest absolute Gasteiger partial charge is 0.486 e. The van der Waals surface area contributed by atoms with Crippen molar-refractivity contribution in [2.75, 3.05) is 17.9 Å². The van der Waals surface area contributed by atoms with E-state index in [4.69, 9.17) is 32.7 Å². The smallest absolute Gasteiger partial charge is 0.263 e. The van der Waals surface area contributed by atoms with Crippen molar-refractivity contribution in [1.82, 2.24) is 5.32 Å². The predicted octanol–water partition coefficient (Wildman–Crippen LogP) is 4.50. The minimum absolute atomic E-state index is 0.0204. The molecule has 7 nitrogen and oxygen atoms in total. The zero-order chi connectivity index (χ0) is 22.7. The molecule has 0 unspecified atom stereocenters. The molecule has 166 valence electrons. The topological polar surface area (TPSA) is 93.7 Å². The second kappa shape index (κ2) is 9.28. The standard InChI is InChI=1S/C22H18Cl2N2O5S/c23-16-3-1-2-4-18(16)26-32(28,29)21-12-15(6-7-17(21)24)22(27)25-13-14-5-8-19-20(11-14)31-10-9-30-19/h1-8,11-12,26H,9-10,13H2,(H,25,27). The molecule has 3 aromatic rings. The number of amides is 1. The van der Waals surface area contributed by atoms with Gasteiger partial charge in [0.05, 0.1) is 15.7 Å². The van der Waals surface area contributed by atoms with E-state index in [0.717, 1.165) is 5.56 Å². The Kier molecular flexibility index (Phi) is 6.45. The highest BCUT2D eigenvalue weighted by Crippen LogP contribution is 2.31. The average Bonchev–Trinajstić information content (AvgIpc) is 2.79. The number of fused-ring (bicyclic) bond motifs is 1. The molecule has 1 aliphatic rings. The molecule has 0 aliphatic carbocycles. The van der Waals surface area contributed by atoms with Crippen molar-refractivity contribution in [3.8, 4) is 11.5 Å². The summed E-state index contributed by atoms with van der Waals surface area (Å²) in [6, 6.07) is 15.8. The Labute approximate surface area is 195 Å². The Morgan fingerprint density at radius 2 is 1.66 bits per heavy atom. The van der Waals surface area contributed by atoms with Gasteiger partial charge in [-0.15, -0.1) is 0 Å². The fourth-order valence-electron chi connectivity index (χ4n) is 3.08. The van der Waals surface area contributed by atoms with E-state index >= 15 is 0 Å². The third-order valence-electron chi connectivity index (χ3n) is 4.66. The predicted molar refractivity (Wildman–Crippen MR) is 122 cm³/mol. The van der Waals surface area contributed by atoms with Crippen LogP contribution >= 0.6 is 23.2 Å². The van der Waals surface area contributed by atoms with E-state index in [1.165, 1.54) is 24.3 Å². The second-order valence-corrected chi connectivity index (χ2v) is 9.36. The van der Waals surface area contributed by atoms with Crippen LogP contribution in [0.25, 0.3) is 0 Å². The molecule has 0 atom stereocenters. The highest BCUT2D eigenvalue weighted by Gasteiger charge is 2.21. The van der Waals surface area contributed by atoms with Gasteiger partial charge in [-0.1, -0.05) is 41.4 Å². The highest BCUT2D eigenvalue weighted by molar-refractivity contribution is 7.92. The first-order chi connectivity index (χ1) is 15.3. The lowest BCUT2D eigenvalue weighted by Crippen LogP contribution is -2.24. The van der Waals surface area contributed by atoms with E-state index in [-0.39, 0.29) is 32.7 Å². The molecule has 3 aromatic carbocycles. The molecule has 1 amide bonds. The molecular weight excluding hydrogens is 475 g/mol. The second-order valence-electron chi connectivity index (χ2n) is 6.89. The Bertz CT molecular complexity index is 1280. The quantitative estimate of drug-likeness (QED) is 0.528. The van der Waals surface area contributed by atoms with Gasteiger partial charge in [0.1, 0.15) is 18.1 Å². The SMILES string of the molecule is O=C(NCc1ccc2c(c1)OCCO2)c1ccc(Cl)c(S(=O)(=O)Nc2ccccc2Cl)c1. The maximum absolute atomic E-state index is 12.9. The minimum atomic E-state index is -4.08. The van der Waals surface area contributed by atoms with Crippen LogP contribution in [-0.4, -0.2) is 27.5 Å². The van der Waals surface area contributed by atoms with E-state index in [1.54, 1.807) is 30.3 Å².